The van der Waals surface area contributed by atoms with Gasteiger partial charge in [-0.1, -0.05) is 6.42 Å². The van der Waals surface area contributed by atoms with E-state index >= 15 is 0 Å². The molecule has 0 aromatic heterocycles. The Bertz CT molecular complexity index is 144. The van der Waals surface area contributed by atoms with Crippen LogP contribution in [0.4, 0.5) is 0 Å². The van der Waals surface area contributed by atoms with Crippen LogP contribution in [-0.2, 0) is 0 Å². The first-order chi connectivity index (χ1) is 5.81. The lowest BCUT2D eigenvalue weighted by molar-refractivity contribution is 0.0504. The Morgan fingerprint density at radius 1 is 1.17 bits per heavy atom. The zero-order valence-electron chi connectivity index (χ0n) is 8.21. The summed E-state index contributed by atoms with van der Waals surface area (Å²) in [6.07, 6.45) is 7.03. The second kappa shape index (κ2) is 3.35. The van der Waals surface area contributed by atoms with Crippen LogP contribution in [0.1, 0.15) is 32.1 Å². The number of nitrogens with one attached hydrogen (secondary N) is 1. The fourth-order valence-electron chi connectivity index (χ4n) is 2.85. The lowest BCUT2D eigenvalue weighted by Crippen LogP contribution is -2.53. The molecule has 2 rings (SSSR count). The van der Waals surface area contributed by atoms with Crippen molar-refractivity contribution in [2.45, 2.75) is 50.2 Å². The first-order valence-electron chi connectivity index (χ1n) is 5.20. The Morgan fingerprint density at radius 2 is 1.75 bits per heavy atom. The average molecular weight is 168 g/mol. The molecule has 2 heteroatoms. The van der Waals surface area contributed by atoms with Gasteiger partial charge in [-0.05, 0) is 39.8 Å². The van der Waals surface area contributed by atoms with Crippen molar-refractivity contribution in [2.24, 2.45) is 0 Å². The number of nitrogens with zero attached hydrogens (tertiary/aromatic N) is 1. The molecule has 0 amide bonds. The Morgan fingerprint density at radius 3 is 2.25 bits per heavy atom. The quantitative estimate of drug-likeness (QED) is 0.633. The van der Waals surface area contributed by atoms with E-state index in [1.807, 2.05) is 0 Å². The first kappa shape index (κ1) is 8.52. The fourth-order valence-corrected chi connectivity index (χ4v) is 2.85. The highest BCUT2D eigenvalue weighted by molar-refractivity contribution is 4.92. The van der Waals surface area contributed by atoms with Crippen LogP contribution in [0.15, 0.2) is 0 Å². The van der Waals surface area contributed by atoms with Gasteiger partial charge in [0.2, 0.25) is 0 Å². The molecule has 12 heavy (non-hydrogen) atoms. The van der Waals surface area contributed by atoms with Crippen LogP contribution in [-0.4, -0.2) is 37.1 Å². The molecule has 2 bridgehead atoms. The third-order valence-corrected chi connectivity index (χ3v) is 3.75. The number of hydrogen-bond donors (Lipinski definition) is 1. The van der Waals surface area contributed by atoms with Gasteiger partial charge in [-0.15, -0.1) is 0 Å². The van der Waals surface area contributed by atoms with Crippen molar-refractivity contribution in [1.29, 1.82) is 0 Å². The first-order valence-corrected chi connectivity index (χ1v) is 5.20. The van der Waals surface area contributed by atoms with Gasteiger partial charge in [-0.3, -0.25) is 0 Å². The predicted octanol–water partition coefficient (Wildman–Crippen LogP) is 1.22. The van der Waals surface area contributed by atoms with Crippen molar-refractivity contribution in [3.05, 3.63) is 0 Å². The summed E-state index contributed by atoms with van der Waals surface area (Å²) in [5.41, 5.74) is 0. The summed E-state index contributed by atoms with van der Waals surface area (Å²) in [6, 6.07) is 2.53. The molecule has 1 N–H and O–H groups in total. The monoisotopic (exact) mass is 168 g/mol. The van der Waals surface area contributed by atoms with E-state index in [1.165, 1.54) is 32.1 Å². The van der Waals surface area contributed by atoms with Crippen LogP contribution < -0.4 is 5.32 Å². The molecule has 0 aliphatic carbocycles. The minimum Gasteiger partial charge on any atom is -0.317 e. The lowest BCUT2D eigenvalue weighted by Gasteiger charge is -2.47. The molecule has 0 aromatic carbocycles. The molecule has 0 saturated carbocycles. The Labute approximate surface area is 75.3 Å². The van der Waals surface area contributed by atoms with E-state index in [4.69, 9.17) is 0 Å². The number of piperidine rings is 2. The van der Waals surface area contributed by atoms with Crippen molar-refractivity contribution in [3.63, 3.8) is 0 Å². The second-order valence-corrected chi connectivity index (χ2v) is 4.36. The van der Waals surface area contributed by atoms with E-state index in [-0.39, 0.29) is 0 Å². The van der Waals surface area contributed by atoms with Gasteiger partial charge >= 0.3 is 0 Å². The van der Waals surface area contributed by atoms with E-state index in [0.29, 0.717) is 0 Å². The molecule has 0 unspecified atom stereocenters. The van der Waals surface area contributed by atoms with Crippen molar-refractivity contribution < 1.29 is 0 Å². The molecule has 2 aliphatic rings. The van der Waals surface area contributed by atoms with Crippen LogP contribution in [0.5, 0.6) is 0 Å². The van der Waals surface area contributed by atoms with Crippen LogP contribution in [0.25, 0.3) is 0 Å². The molecule has 0 radical (unpaired) electrons. The molecule has 2 fully saturated rings. The van der Waals surface area contributed by atoms with Crippen molar-refractivity contribution in [3.8, 4) is 0 Å². The SMILES string of the molecule is CNC1C[C@H]2CCC[C@H](C1)N2C. The largest absolute Gasteiger partial charge is 0.317 e. The summed E-state index contributed by atoms with van der Waals surface area (Å²) in [5.74, 6) is 0. The van der Waals surface area contributed by atoms with Crippen molar-refractivity contribution >= 4 is 0 Å². The molecule has 2 saturated heterocycles. The maximum atomic E-state index is 3.43. The third-order valence-electron chi connectivity index (χ3n) is 3.75. The van der Waals surface area contributed by atoms with E-state index in [0.717, 1.165) is 18.1 Å². The highest BCUT2D eigenvalue weighted by atomic mass is 15.2. The molecule has 0 aromatic rings. The summed E-state index contributed by atoms with van der Waals surface area (Å²) < 4.78 is 0. The standard InChI is InChI=1S/C10H20N2/c1-11-8-6-9-4-3-5-10(7-8)12(9)2/h8-11H,3-7H2,1-2H3/t9-,10-/m1/s1. The normalized spacial score (nSPS) is 43.0. The fraction of sp³-hybridized carbons (Fsp3) is 1.00. The summed E-state index contributed by atoms with van der Waals surface area (Å²) in [6.45, 7) is 0. The molecular formula is C10H20N2. The van der Waals surface area contributed by atoms with Gasteiger partial charge in [0.25, 0.3) is 0 Å². The zero-order valence-corrected chi connectivity index (χ0v) is 8.21. The Hall–Kier alpha value is -0.0800. The van der Waals surface area contributed by atoms with Crippen LogP contribution in [0, 0.1) is 0 Å². The van der Waals surface area contributed by atoms with Gasteiger partial charge in [0.1, 0.15) is 0 Å². The smallest absolute Gasteiger partial charge is 0.0110 e. The lowest BCUT2D eigenvalue weighted by atomic mass is 9.82. The van der Waals surface area contributed by atoms with Crippen LogP contribution in [0.3, 0.4) is 0 Å². The average Bonchev–Trinajstić information content (AvgIpc) is 2.04. The predicted molar refractivity (Wildman–Crippen MR) is 51.3 cm³/mol. The van der Waals surface area contributed by atoms with Gasteiger partial charge in [-0.25, -0.2) is 0 Å². The number of rotatable bonds is 1. The van der Waals surface area contributed by atoms with E-state index in [1.54, 1.807) is 0 Å². The Balaban J connectivity index is 2.02. The van der Waals surface area contributed by atoms with Crippen molar-refractivity contribution in [2.75, 3.05) is 14.1 Å². The van der Waals surface area contributed by atoms with E-state index < -0.39 is 0 Å². The topological polar surface area (TPSA) is 15.3 Å². The van der Waals surface area contributed by atoms with E-state index in [2.05, 4.69) is 24.3 Å². The molecule has 0 spiro atoms. The number of fused-ring (bicyclic) bond motifs is 2. The van der Waals surface area contributed by atoms with Crippen molar-refractivity contribution in [1.82, 2.24) is 10.2 Å². The summed E-state index contributed by atoms with van der Waals surface area (Å²) in [4.78, 5) is 2.61. The molecule has 2 aliphatic heterocycles. The minimum atomic E-state index is 0.788. The van der Waals surface area contributed by atoms with Gasteiger partial charge in [0.15, 0.2) is 0 Å². The molecule has 70 valence electrons. The van der Waals surface area contributed by atoms with Crippen LogP contribution in [0.2, 0.25) is 0 Å². The second-order valence-electron chi connectivity index (χ2n) is 4.36. The van der Waals surface area contributed by atoms with Gasteiger partial charge in [0, 0.05) is 18.1 Å². The summed E-state index contributed by atoms with van der Waals surface area (Å²) in [7, 11) is 4.41. The van der Waals surface area contributed by atoms with Gasteiger partial charge in [0.05, 0.1) is 0 Å². The van der Waals surface area contributed by atoms with Crippen LogP contribution >= 0.6 is 0 Å². The molecule has 2 atom stereocenters. The summed E-state index contributed by atoms with van der Waals surface area (Å²) in [5, 5.41) is 3.43. The van der Waals surface area contributed by atoms with Gasteiger partial charge < -0.3 is 10.2 Å². The molecule has 2 nitrogen and oxygen atoms in total. The zero-order chi connectivity index (χ0) is 8.55. The minimum absolute atomic E-state index is 0.788. The maximum absolute atomic E-state index is 3.43. The Kier molecular flexibility index (Phi) is 2.37. The number of hydrogen-bond acceptors (Lipinski definition) is 2. The third kappa shape index (κ3) is 1.38. The van der Waals surface area contributed by atoms with Gasteiger partial charge in [-0.2, -0.15) is 0 Å². The highest BCUT2D eigenvalue weighted by Crippen LogP contribution is 2.32. The van der Waals surface area contributed by atoms with E-state index in [9.17, 15) is 0 Å². The summed E-state index contributed by atoms with van der Waals surface area (Å²) >= 11 is 0. The molecule has 2 heterocycles. The molecular weight excluding hydrogens is 148 g/mol. The maximum Gasteiger partial charge on any atom is 0.0110 e. The highest BCUT2D eigenvalue weighted by Gasteiger charge is 2.34.